The molecule has 0 fully saturated rings. The minimum absolute atomic E-state index is 0.247. The average molecular weight is 283 g/mol. The van der Waals surface area contributed by atoms with Crippen molar-refractivity contribution in [2.24, 2.45) is 0 Å². The zero-order valence-corrected chi connectivity index (χ0v) is 11.8. The molecule has 0 atom stereocenters. The monoisotopic (exact) mass is 283 g/mol. The van der Waals surface area contributed by atoms with Gasteiger partial charge >= 0.3 is 0 Å². The number of ether oxygens (including phenoxy) is 1. The molecule has 0 unspecified atom stereocenters. The van der Waals surface area contributed by atoms with Crippen LogP contribution in [-0.2, 0) is 0 Å². The maximum absolute atomic E-state index is 13.4. The average Bonchev–Trinajstić information content (AvgIpc) is 2.51. The number of hydrogen-bond donors (Lipinski definition) is 0. The molecule has 0 radical (unpaired) electrons. The maximum atomic E-state index is 13.4. The first-order valence-electron chi connectivity index (χ1n) is 6.54. The van der Waals surface area contributed by atoms with Crippen LogP contribution in [0.3, 0.4) is 0 Å². The zero-order chi connectivity index (χ0) is 15.0. The Morgan fingerprint density at radius 2 is 1.76 bits per heavy atom. The first-order chi connectivity index (χ1) is 10.1. The van der Waals surface area contributed by atoms with Crippen LogP contribution < -0.4 is 9.64 Å². The number of carbonyl (C=O) groups is 1. The Morgan fingerprint density at radius 1 is 1.05 bits per heavy atom. The number of hydrogen-bond acceptors (Lipinski definition) is 2. The highest BCUT2D eigenvalue weighted by Gasteiger charge is 2.21. The van der Waals surface area contributed by atoms with Crippen molar-refractivity contribution in [1.82, 2.24) is 0 Å². The highest BCUT2D eigenvalue weighted by atomic mass is 19.1. The Balaban J connectivity index is 2.21. The van der Waals surface area contributed by atoms with Crippen LogP contribution in [0.1, 0.15) is 21.5 Å². The molecule has 1 amide bonds. The van der Waals surface area contributed by atoms with E-state index in [2.05, 4.69) is 0 Å². The van der Waals surface area contributed by atoms with E-state index in [1.807, 2.05) is 24.3 Å². The van der Waals surface area contributed by atoms with E-state index < -0.39 is 5.82 Å². The molecule has 21 heavy (non-hydrogen) atoms. The molecular formula is C17H14FNO2. The summed E-state index contributed by atoms with van der Waals surface area (Å²) in [6.07, 6.45) is 3.74. The van der Waals surface area contributed by atoms with Crippen molar-refractivity contribution in [3.8, 4) is 5.75 Å². The van der Waals surface area contributed by atoms with Gasteiger partial charge in [0.15, 0.2) is 0 Å². The summed E-state index contributed by atoms with van der Waals surface area (Å²) in [6, 6.07) is 9.76. The summed E-state index contributed by atoms with van der Waals surface area (Å²) < 4.78 is 18.6. The van der Waals surface area contributed by atoms with Crippen LogP contribution in [0.5, 0.6) is 5.75 Å². The van der Waals surface area contributed by atoms with Gasteiger partial charge in [-0.15, -0.1) is 0 Å². The lowest BCUT2D eigenvalue weighted by atomic mass is 10.0. The van der Waals surface area contributed by atoms with Crippen molar-refractivity contribution in [3.05, 3.63) is 58.9 Å². The number of benzene rings is 2. The van der Waals surface area contributed by atoms with Crippen molar-refractivity contribution in [2.45, 2.75) is 0 Å². The van der Waals surface area contributed by atoms with Crippen LogP contribution in [-0.4, -0.2) is 20.1 Å². The minimum atomic E-state index is -0.421. The number of carbonyl (C=O) groups excluding carboxylic acids is 1. The minimum Gasteiger partial charge on any atom is -0.497 e. The Morgan fingerprint density at radius 3 is 2.52 bits per heavy atom. The summed E-state index contributed by atoms with van der Waals surface area (Å²) in [5.74, 6) is 0.000492. The fourth-order valence-corrected chi connectivity index (χ4v) is 2.41. The lowest BCUT2D eigenvalue weighted by Crippen LogP contribution is -2.28. The molecule has 0 saturated heterocycles. The van der Waals surface area contributed by atoms with Gasteiger partial charge in [0.1, 0.15) is 11.6 Å². The van der Waals surface area contributed by atoms with E-state index in [4.69, 9.17) is 4.74 Å². The summed E-state index contributed by atoms with van der Waals surface area (Å²) in [5.41, 5.74) is 2.68. The molecule has 106 valence electrons. The van der Waals surface area contributed by atoms with Crippen molar-refractivity contribution >= 4 is 23.7 Å². The summed E-state index contributed by atoms with van der Waals surface area (Å²) >= 11 is 0. The van der Waals surface area contributed by atoms with E-state index in [1.165, 1.54) is 17.0 Å². The van der Waals surface area contributed by atoms with Crippen LogP contribution in [0.4, 0.5) is 10.1 Å². The van der Waals surface area contributed by atoms with Gasteiger partial charge in [-0.05, 0) is 35.4 Å². The Bertz CT molecular complexity index is 752. The molecule has 0 N–H and O–H groups in total. The molecule has 2 aromatic carbocycles. The first kappa shape index (κ1) is 13.4. The van der Waals surface area contributed by atoms with E-state index >= 15 is 0 Å². The topological polar surface area (TPSA) is 29.5 Å². The number of rotatable bonds is 1. The molecule has 0 spiro atoms. The molecule has 1 aliphatic rings. The molecular weight excluding hydrogens is 269 g/mol. The van der Waals surface area contributed by atoms with Gasteiger partial charge < -0.3 is 9.64 Å². The van der Waals surface area contributed by atoms with Gasteiger partial charge in [-0.3, -0.25) is 4.79 Å². The fraction of sp³-hybridized carbons (Fsp3) is 0.118. The largest absolute Gasteiger partial charge is 0.497 e. The van der Waals surface area contributed by atoms with Crippen molar-refractivity contribution in [3.63, 3.8) is 0 Å². The Kier molecular flexibility index (Phi) is 3.22. The SMILES string of the molecule is COc1ccc2c(c1)N(C)C(=O)c1cc(F)ccc1C=C2. The van der Waals surface area contributed by atoms with Crippen molar-refractivity contribution < 1.29 is 13.9 Å². The van der Waals surface area contributed by atoms with Gasteiger partial charge in [-0.25, -0.2) is 4.39 Å². The molecule has 0 aliphatic carbocycles. The third-order valence-corrected chi connectivity index (χ3v) is 3.59. The molecule has 2 aromatic rings. The van der Waals surface area contributed by atoms with Crippen LogP contribution in [0, 0.1) is 5.82 Å². The summed E-state index contributed by atoms with van der Waals surface area (Å²) in [4.78, 5) is 14.1. The van der Waals surface area contributed by atoms with Crippen molar-refractivity contribution in [1.29, 1.82) is 0 Å². The Labute approximate surface area is 122 Å². The lowest BCUT2D eigenvalue weighted by molar-refractivity contribution is 0.0992. The molecule has 1 aliphatic heterocycles. The fourth-order valence-electron chi connectivity index (χ4n) is 2.41. The number of halogens is 1. The standard InChI is InChI=1S/C17H14FNO2/c1-19-16-10-14(21-2)8-6-12(16)4-3-11-5-7-13(18)9-15(11)17(19)20/h3-10H,1-2H3. The third-order valence-electron chi connectivity index (χ3n) is 3.59. The van der Waals surface area contributed by atoms with Gasteiger partial charge in [0.2, 0.25) is 0 Å². The third kappa shape index (κ3) is 2.29. The number of nitrogens with zero attached hydrogens (tertiary/aromatic N) is 1. The summed E-state index contributed by atoms with van der Waals surface area (Å²) in [6.45, 7) is 0. The van der Waals surface area contributed by atoms with Gasteiger partial charge in [-0.2, -0.15) is 0 Å². The quantitative estimate of drug-likeness (QED) is 0.800. The molecule has 1 heterocycles. The molecule has 0 saturated carbocycles. The van der Waals surface area contributed by atoms with E-state index in [-0.39, 0.29) is 5.91 Å². The molecule has 0 bridgehead atoms. The second-order valence-corrected chi connectivity index (χ2v) is 4.85. The molecule has 3 rings (SSSR count). The second kappa shape index (κ2) is 5.05. The summed E-state index contributed by atoms with van der Waals surface area (Å²) in [7, 11) is 3.25. The molecule has 3 nitrogen and oxygen atoms in total. The predicted molar refractivity (Wildman–Crippen MR) is 81.1 cm³/mol. The van der Waals surface area contributed by atoms with Gasteiger partial charge in [-0.1, -0.05) is 18.2 Å². The van der Waals surface area contributed by atoms with Crippen molar-refractivity contribution in [2.75, 3.05) is 19.1 Å². The molecule has 4 heteroatoms. The normalized spacial score (nSPS) is 13.3. The highest BCUT2D eigenvalue weighted by Crippen LogP contribution is 2.31. The second-order valence-electron chi connectivity index (χ2n) is 4.85. The number of amides is 1. The van der Waals surface area contributed by atoms with E-state index in [9.17, 15) is 9.18 Å². The zero-order valence-electron chi connectivity index (χ0n) is 11.8. The number of fused-ring (bicyclic) bond motifs is 2. The van der Waals surface area contributed by atoms with E-state index in [0.717, 1.165) is 11.3 Å². The summed E-state index contributed by atoms with van der Waals surface area (Å²) in [5, 5.41) is 0. The van der Waals surface area contributed by atoms with Gasteiger partial charge in [0, 0.05) is 13.1 Å². The van der Waals surface area contributed by atoms with Gasteiger partial charge in [0.25, 0.3) is 5.91 Å². The van der Waals surface area contributed by atoms with E-state index in [0.29, 0.717) is 16.9 Å². The van der Waals surface area contributed by atoms with Crippen LogP contribution in [0.2, 0.25) is 0 Å². The number of methoxy groups -OCH3 is 1. The smallest absolute Gasteiger partial charge is 0.258 e. The number of anilines is 1. The highest BCUT2D eigenvalue weighted by molar-refractivity contribution is 6.10. The van der Waals surface area contributed by atoms with Crippen LogP contribution in [0.25, 0.3) is 12.2 Å². The predicted octanol–water partition coefficient (Wildman–Crippen LogP) is 3.59. The maximum Gasteiger partial charge on any atom is 0.258 e. The van der Waals surface area contributed by atoms with Gasteiger partial charge in [0.05, 0.1) is 18.4 Å². The lowest BCUT2D eigenvalue weighted by Gasteiger charge is -2.23. The van der Waals surface area contributed by atoms with Crippen LogP contribution >= 0.6 is 0 Å². The van der Waals surface area contributed by atoms with E-state index in [1.54, 1.807) is 26.3 Å². The first-order valence-corrected chi connectivity index (χ1v) is 6.54. The Hall–Kier alpha value is -2.62. The van der Waals surface area contributed by atoms with Crippen LogP contribution in [0.15, 0.2) is 36.4 Å². The molecule has 0 aromatic heterocycles.